The molecule has 11 heteroatoms. The molecule has 10 nitrogen and oxygen atoms in total. The number of rotatable bonds is 18. The Morgan fingerprint density at radius 3 is 1.48 bits per heavy atom. The Bertz CT molecular complexity index is 459. The van der Waals surface area contributed by atoms with Crippen LogP contribution < -0.4 is 0 Å². The number of carbonyl (C=O) groups is 2. The second-order valence-electron chi connectivity index (χ2n) is 6.56. The average Bonchev–Trinajstić information content (AvgIpc) is 2.68. The highest BCUT2D eigenvalue weighted by molar-refractivity contribution is 7.47. The molecule has 0 aliphatic carbocycles. The molecular formula is C18H35O10P. The zero-order valence-electron chi connectivity index (χ0n) is 17.3. The molecule has 0 saturated carbocycles. The lowest BCUT2D eigenvalue weighted by Crippen LogP contribution is -2.28. The third-order valence-electron chi connectivity index (χ3n) is 3.82. The number of phosphoric acid groups is 1. The Morgan fingerprint density at radius 1 is 0.793 bits per heavy atom. The molecule has 0 bridgehead atoms. The van der Waals surface area contributed by atoms with Crippen LogP contribution in [-0.2, 0) is 32.7 Å². The summed E-state index contributed by atoms with van der Waals surface area (Å²) in [5.74, 6) is -1.07. The van der Waals surface area contributed by atoms with Crippen LogP contribution in [0.2, 0.25) is 0 Å². The summed E-state index contributed by atoms with van der Waals surface area (Å²) in [6.07, 6.45) is 3.04. The Balaban J connectivity index is 4.31. The molecule has 0 aliphatic rings. The standard InChI is InChI=1S/C18H35O10P/c1-3-5-7-9-17(21)27-15(11-19)13-25-29(23,24)26-14-16(12-20)28-18(22)10-8-6-4-2/h15-16,19-20H,3-14H2,1-2H3,(H,23,24). The Kier molecular flexibility index (Phi) is 16.1. The quantitative estimate of drug-likeness (QED) is 0.164. The lowest BCUT2D eigenvalue weighted by atomic mass is 10.2. The van der Waals surface area contributed by atoms with Crippen molar-refractivity contribution in [2.24, 2.45) is 0 Å². The third-order valence-corrected chi connectivity index (χ3v) is 4.77. The first-order valence-electron chi connectivity index (χ1n) is 10.00. The Morgan fingerprint density at radius 2 is 1.17 bits per heavy atom. The van der Waals surface area contributed by atoms with Crippen molar-refractivity contribution in [2.75, 3.05) is 26.4 Å². The number of phosphoric ester groups is 1. The largest absolute Gasteiger partial charge is 0.472 e. The van der Waals surface area contributed by atoms with Crippen LogP contribution in [0.3, 0.4) is 0 Å². The van der Waals surface area contributed by atoms with E-state index in [-0.39, 0.29) is 12.8 Å². The molecule has 0 spiro atoms. The van der Waals surface area contributed by atoms with Crippen molar-refractivity contribution in [1.29, 1.82) is 0 Å². The molecule has 0 aromatic carbocycles. The second-order valence-corrected chi connectivity index (χ2v) is 8.02. The van der Waals surface area contributed by atoms with Crippen LogP contribution in [0.15, 0.2) is 0 Å². The van der Waals surface area contributed by atoms with E-state index in [1.54, 1.807) is 0 Å². The zero-order chi connectivity index (χ0) is 22.1. The zero-order valence-corrected chi connectivity index (χ0v) is 18.2. The monoisotopic (exact) mass is 442 g/mol. The maximum atomic E-state index is 11.9. The summed E-state index contributed by atoms with van der Waals surface area (Å²) >= 11 is 0. The smallest absolute Gasteiger partial charge is 0.457 e. The van der Waals surface area contributed by atoms with Gasteiger partial charge < -0.3 is 24.6 Å². The number of carbonyl (C=O) groups excluding carboxylic acids is 2. The summed E-state index contributed by atoms with van der Waals surface area (Å²) in [5, 5.41) is 18.5. The lowest BCUT2D eigenvalue weighted by molar-refractivity contribution is -0.153. The molecule has 0 amide bonds. The van der Waals surface area contributed by atoms with Gasteiger partial charge in [-0.15, -0.1) is 0 Å². The summed E-state index contributed by atoms with van der Waals surface area (Å²) in [7, 11) is -4.57. The molecule has 2 unspecified atom stereocenters. The van der Waals surface area contributed by atoms with Gasteiger partial charge in [0.05, 0.1) is 26.4 Å². The van der Waals surface area contributed by atoms with Crippen LogP contribution in [0.4, 0.5) is 0 Å². The van der Waals surface area contributed by atoms with E-state index in [1.165, 1.54) is 0 Å². The number of unbranched alkanes of at least 4 members (excludes halogenated alkanes) is 4. The predicted molar refractivity (Wildman–Crippen MR) is 104 cm³/mol. The summed E-state index contributed by atoms with van der Waals surface area (Å²) in [4.78, 5) is 33.0. The molecule has 2 atom stereocenters. The molecule has 0 aromatic rings. The molecule has 172 valence electrons. The van der Waals surface area contributed by atoms with Crippen LogP contribution in [0.25, 0.3) is 0 Å². The summed E-state index contributed by atoms with van der Waals surface area (Å²) < 4.78 is 31.3. The normalized spacial score (nSPS) is 15.3. The van der Waals surface area contributed by atoms with Crippen LogP contribution >= 0.6 is 7.82 Å². The van der Waals surface area contributed by atoms with Gasteiger partial charge in [0, 0.05) is 12.8 Å². The van der Waals surface area contributed by atoms with Crippen molar-refractivity contribution < 1.29 is 47.8 Å². The van der Waals surface area contributed by atoms with E-state index in [2.05, 4.69) is 0 Å². The molecule has 3 N–H and O–H groups in total. The minimum atomic E-state index is -4.57. The van der Waals surface area contributed by atoms with Crippen LogP contribution in [0.1, 0.15) is 65.2 Å². The maximum absolute atomic E-state index is 11.9. The number of ether oxygens (including phenoxy) is 2. The maximum Gasteiger partial charge on any atom is 0.472 e. The fraction of sp³-hybridized carbons (Fsp3) is 0.889. The Hall–Kier alpha value is -1.03. The van der Waals surface area contributed by atoms with E-state index in [1.807, 2.05) is 13.8 Å². The molecule has 0 rings (SSSR count). The number of hydrogen-bond acceptors (Lipinski definition) is 9. The van der Waals surface area contributed by atoms with Crippen molar-refractivity contribution in [3.05, 3.63) is 0 Å². The van der Waals surface area contributed by atoms with Crippen LogP contribution in [0.5, 0.6) is 0 Å². The highest BCUT2D eigenvalue weighted by Crippen LogP contribution is 2.43. The first-order valence-corrected chi connectivity index (χ1v) is 11.5. The van der Waals surface area contributed by atoms with E-state index >= 15 is 0 Å². The van der Waals surface area contributed by atoms with Crippen molar-refractivity contribution in [3.8, 4) is 0 Å². The van der Waals surface area contributed by atoms with Crippen LogP contribution in [0, 0.1) is 0 Å². The highest BCUT2D eigenvalue weighted by atomic mass is 31.2. The van der Waals surface area contributed by atoms with Gasteiger partial charge >= 0.3 is 19.8 Å². The van der Waals surface area contributed by atoms with Crippen molar-refractivity contribution in [1.82, 2.24) is 0 Å². The topological polar surface area (TPSA) is 149 Å². The van der Waals surface area contributed by atoms with Gasteiger partial charge in [0.1, 0.15) is 12.2 Å². The summed E-state index contributed by atoms with van der Waals surface area (Å²) in [5.41, 5.74) is 0. The SMILES string of the molecule is CCCCCC(=O)OC(CO)COP(=O)(O)OCC(CO)OC(=O)CCCCC. The highest BCUT2D eigenvalue weighted by Gasteiger charge is 2.27. The van der Waals surface area contributed by atoms with Gasteiger partial charge in [-0.25, -0.2) is 4.57 Å². The fourth-order valence-electron chi connectivity index (χ4n) is 2.17. The minimum Gasteiger partial charge on any atom is -0.457 e. The summed E-state index contributed by atoms with van der Waals surface area (Å²) in [6, 6.07) is 0. The molecule has 0 radical (unpaired) electrons. The summed E-state index contributed by atoms with van der Waals surface area (Å²) in [6.45, 7) is 1.70. The number of aliphatic hydroxyl groups is 2. The van der Waals surface area contributed by atoms with Crippen molar-refractivity contribution >= 4 is 19.8 Å². The molecule has 0 aliphatic heterocycles. The molecule has 0 heterocycles. The second kappa shape index (κ2) is 16.7. The molecule has 0 aromatic heterocycles. The number of esters is 2. The fourth-order valence-corrected chi connectivity index (χ4v) is 2.95. The molecule has 29 heavy (non-hydrogen) atoms. The van der Waals surface area contributed by atoms with Gasteiger partial charge in [-0.2, -0.15) is 0 Å². The van der Waals surface area contributed by atoms with Gasteiger partial charge in [0.15, 0.2) is 0 Å². The Labute approximate surface area is 172 Å². The minimum absolute atomic E-state index is 0.180. The van der Waals surface area contributed by atoms with Gasteiger partial charge in [0.25, 0.3) is 0 Å². The average molecular weight is 442 g/mol. The first-order chi connectivity index (χ1) is 13.8. The molecular weight excluding hydrogens is 407 g/mol. The van der Waals surface area contributed by atoms with E-state index in [0.29, 0.717) is 12.8 Å². The lowest BCUT2D eigenvalue weighted by Gasteiger charge is -2.20. The van der Waals surface area contributed by atoms with Gasteiger partial charge in [-0.3, -0.25) is 18.6 Å². The van der Waals surface area contributed by atoms with Crippen molar-refractivity contribution in [3.63, 3.8) is 0 Å². The van der Waals surface area contributed by atoms with E-state index < -0.39 is 58.4 Å². The van der Waals surface area contributed by atoms with E-state index in [0.717, 1.165) is 25.7 Å². The van der Waals surface area contributed by atoms with Crippen molar-refractivity contribution in [2.45, 2.75) is 77.4 Å². The number of hydrogen-bond donors (Lipinski definition) is 3. The van der Waals surface area contributed by atoms with Gasteiger partial charge in [0.2, 0.25) is 0 Å². The van der Waals surface area contributed by atoms with E-state index in [4.69, 9.17) is 18.5 Å². The molecule has 0 fully saturated rings. The first kappa shape index (κ1) is 28.0. The molecule has 0 saturated heterocycles. The number of aliphatic hydroxyl groups excluding tert-OH is 2. The van der Waals surface area contributed by atoms with Gasteiger partial charge in [-0.1, -0.05) is 39.5 Å². The van der Waals surface area contributed by atoms with Gasteiger partial charge in [-0.05, 0) is 12.8 Å². The van der Waals surface area contributed by atoms with E-state index in [9.17, 15) is 29.3 Å². The predicted octanol–water partition coefficient (Wildman–Crippen LogP) is 2.09. The van der Waals surface area contributed by atoms with Crippen LogP contribution in [-0.4, -0.2) is 65.7 Å². The third kappa shape index (κ3) is 15.5.